The zero-order valence-electron chi connectivity index (χ0n) is 11.5. The number of aromatic nitrogens is 2. The molecule has 2 aromatic rings. The van der Waals surface area contributed by atoms with Crippen LogP contribution in [-0.4, -0.2) is 33.7 Å². The van der Waals surface area contributed by atoms with Crippen LogP contribution in [0.5, 0.6) is 0 Å². The molecule has 1 aromatic heterocycles. The minimum absolute atomic E-state index is 0.0343. The molecule has 0 atom stereocenters. The number of aliphatic hydroxyl groups is 1. The van der Waals surface area contributed by atoms with Gasteiger partial charge in [-0.25, -0.2) is 4.98 Å². The maximum atomic E-state index is 12.0. The quantitative estimate of drug-likeness (QED) is 0.872. The molecule has 0 bridgehead atoms. The topological polar surface area (TPSA) is 67.2 Å². The third-order valence-electron chi connectivity index (χ3n) is 3.14. The van der Waals surface area contributed by atoms with Crippen molar-refractivity contribution in [2.24, 2.45) is 12.5 Å². The number of carbonyl (C=O) groups excluding carboxylic acids is 1. The van der Waals surface area contributed by atoms with Gasteiger partial charge in [0.25, 0.3) is 5.91 Å². The first kappa shape index (κ1) is 13.5. The summed E-state index contributed by atoms with van der Waals surface area (Å²) in [5.41, 5.74) is 2.06. The van der Waals surface area contributed by atoms with Gasteiger partial charge in [-0.1, -0.05) is 13.8 Å². The zero-order valence-corrected chi connectivity index (χ0v) is 11.5. The minimum atomic E-state index is -0.315. The van der Waals surface area contributed by atoms with E-state index >= 15 is 0 Å². The van der Waals surface area contributed by atoms with Crippen LogP contribution >= 0.6 is 0 Å². The predicted octanol–water partition coefficient (Wildman–Crippen LogP) is 1.32. The molecule has 19 heavy (non-hydrogen) atoms. The number of rotatable bonds is 4. The Morgan fingerprint density at radius 2 is 2.21 bits per heavy atom. The molecule has 0 aliphatic heterocycles. The summed E-state index contributed by atoms with van der Waals surface area (Å²) in [5, 5.41) is 12.0. The van der Waals surface area contributed by atoms with E-state index in [-0.39, 0.29) is 17.9 Å². The fraction of sp³-hybridized carbons (Fsp3) is 0.429. The van der Waals surface area contributed by atoms with E-state index in [0.29, 0.717) is 12.1 Å². The summed E-state index contributed by atoms with van der Waals surface area (Å²) >= 11 is 0. The lowest BCUT2D eigenvalue weighted by molar-refractivity contribution is 0.0911. The van der Waals surface area contributed by atoms with Crippen LogP contribution in [0.25, 0.3) is 11.0 Å². The first-order valence-corrected chi connectivity index (χ1v) is 6.23. The second kappa shape index (κ2) is 5.01. The van der Waals surface area contributed by atoms with E-state index in [2.05, 4.69) is 10.3 Å². The highest BCUT2D eigenvalue weighted by Crippen LogP contribution is 2.15. The third kappa shape index (κ3) is 2.93. The molecule has 0 fully saturated rings. The summed E-state index contributed by atoms with van der Waals surface area (Å²) in [6.45, 7) is 4.26. The highest BCUT2D eigenvalue weighted by molar-refractivity contribution is 5.97. The van der Waals surface area contributed by atoms with Gasteiger partial charge in [0.15, 0.2) is 0 Å². The molecule has 0 radical (unpaired) electrons. The van der Waals surface area contributed by atoms with E-state index in [1.165, 1.54) is 0 Å². The zero-order chi connectivity index (χ0) is 14.0. The molecule has 1 heterocycles. The molecule has 0 aliphatic carbocycles. The van der Waals surface area contributed by atoms with Gasteiger partial charge in [-0.15, -0.1) is 0 Å². The fourth-order valence-corrected chi connectivity index (χ4v) is 1.75. The Bertz CT molecular complexity index is 602. The number of imidazole rings is 1. The van der Waals surface area contributed by atoms with E-state index < -0.39 is 0 Å². The van der Waals surface area contributed by atoms with Crippen molar-refractivity contribution in [3.63, 3.8) is 0 Å². The summed E-state index contributed by atoms with van der Waals surface area (Å²) in [6.07, 6.45) is 1.72. The monoisotopic (exact) mass is 261 g/mol. The van der Waals surface area contributed by atoms with E-state index in [1.54, 1.807) is 18.5 Å². The van der Waals surface area contributed by atoms with Gasteiger partial charge in [0, 0.05) is 31.2 Å². The predicted molar refractivity (Wildman–Crippen MR) is 73.9 cm³/mol. The van der Waals surface area contributed by atoms with Crippen molar-refractivity contribution >= 4 is 16.9 Å². The second-order valence-corrected chi connectivity index (χ2v) is 5.56. The number of aryl methyl sites for hydroxylation is 1. The molecule has 2 rings (SSSR count). The van der Waals surface area contributed by atoms with Gasteiger partial charge in [-0.2, -0.15) is 0 Å². The van der Waals surface area contributed by atoms with Gasteiger partial charge in [0.05, 0.1) is 17.4 Å². The molecule has 0 saturated carbocycles. The number of aliphatic hydroxyl groups excluding tert-OH is 1. The Kier molecular flexibility index (Phi) is 3.57. The van der Waals surface area contributed by atoms with Crippen LogP contribution in [0, 0.1) is 5.41 Å². The maximum Gasteiger partial charge on any atom is 0.251 e. The average molecular weight is 261 g/mol. The second-order valence-electron chi connectivity index (χ2n) is 5.56. The number of amides is 1. The lowest BCUT2D eigenvalue weighted by atomic mass is 9.95. The molecule has 0 saturated heterocycles. The summed E-state index contributed by atoms with van der Waals surface area (Å²) in [5.74, 6) is -0.144. The highest BCUT2D eigenvalue weighted by atomic mass is 16.3. The lowest BCUT2D eigenvalue weighted by Crippen LogP contribution is -2.36. The van der Waals surface area contributed by atoms with E-state index in [9.17, 15) is 4.79 Å². The van der Waals surface area contributed by atoms with Crippen molar-refractivity contribution < 1.29 is 9.90 Å². The van der Waals surface area contributed by atoms with Crippen LogP contribution in [0.4, 0.5) is 0 Å². The Morgan fingerprint density at radius 1 is 1.47 bits per heavy atom. The number of carbonyl (C=O) groups is 1. The largest absolute Gasteiger partial charge is 0.396 e. The molecular formula is C14H19N3O2. The van der Waals surface area contributed by atoms with E-state index in [1.807, 2.05) is 31.5 Å². The number of nitrogens with zero attached hydrogens (tertiary/aromatic N) is 2. The molecule has 1 aromatic carbocycles. The summed E-state index contributed by atoms with van der Waals surface area (Å²) < 4.78 is 1.91. The van der Waals surface area contributed by atoms with Crippen molar-refractivity contribution in [3.8, 4) is 0 Å². The summed E-state index contributed by atoms with van der Waals surface area (Å²) in [6, 6.07) is 5.44. The van der Waals surface area contributed by atoms with Gasteiger partial charge >= 0.3 is 0 Å². The third-order valence-corrected chi connectivity index (χ3v) is 3.14. The number of nitrogens with one attached hydrogen (secondary N) is 1. The molecule has 5 heteroatoms. The summed E-state index contributed by atoms with van der Waals surface area (Å²) in [7, 11) is 1.92. The van der Waals surface area contributed by atoms with Crippen molar-refractivity contribution in [1.82, 2.24) is 14.9 Å². The number of benzene rings is 1. The Balaban J connectivity index is 2.13. The number of fused-ring (bicyclic) bond motifs is 1. The van der Waals surface area contributed by atoms with Crippen molar-refractivity contribution in [1.29, 1.82) is 0 Å². The van der Waals surface area contributed by atoms with Crippen LogP contribution in [0.15, 0.2) is 24.5 Å². The normalized spacial score (nSPS) is 11.8. The molecule has 5 nitrogen and oxygen atoms in total. The van der Waals surface area contributed by atoms with Crippen LogP contribution in [0.1, 0.15) is 24.2 Å². The van der Waals surface area contributed by atoms with Crippen molar-refractivity contribution in [3.05, 3.63) is 30.1 Å². The molecule has 2 N–H and O–H groups in total. The average Bonchev–Trinajstić information content (AvgIpc) is 2.77. The molecule has 102 valence electrons. The Labute approximate surface area is 112 Å². The maximum absolute atomic E-state index is 12.0. The van der Waals surface area contributed by atoms with Crippen molar-refractivity contribution in [2.75, 3.05) is 13.2 Å². The highest BCUT2D eigenvalue weighted by Gasteiger charge is 2.18. The number of hydrogen-bond acceptors (Lipinski definition) is 3. The van der Waals surface area contributed by atoms with Gasteiger partial charge in [-0.05, 0) is 18.2 Å². The molecule has 0 unspecified atom stereocenters. The van der Waals surface area contributed by atoms with E-state index in [0.717, 1.165) is 11.0 Å². The first-order chi connectivity index (χ1) is 8.93. The van der Waals surface area contributed by atoms with Gasteiger partial charge in [-0.3, -0.25) is 4.79 Å². The first-order valence-electron chi connectivity index (χ1n) is 6.23. The van der Waals surface area contributed by atoms with Crippen molar-refractivity contribution in [2.45, 2.75) is 13.8 Å². The smallest absolute Gasteiger partial charge is 0.251 e. The van der Waals surface area contributed by atoms with E-state index in [4.69, 9.17) is 5.11 Å². The molecule has 0 aliphatic rings. The van der Waals surface area contributed by atoms with Gasteiger partial charge in [0.1, 0.15) is 0 Å². The standard InChI is InChI=1S/C14H19N3O2/c1-14(2,8-18)7-15-13(19)10-4-5-12-11(6-10)16-9-17(12)3/h4-6,9,18H,7-8H2,1-3H3,(H,15,19). The van der Waals surface area contributed by atoms with Crippen LogP contribution in [0.2, 0.25) is 0 Å². The molecule has 1 amide bonds. The SMILES string of the molecule is Cn1cnc2cc(C(=O)NCC(C)(C)CO)ccc21. The van der Waals surface area contributed by atoms with Crippen LogP contribution in [0.3, 0.4) is 0 Å². The van der Waals surface area contributed by atoms with Gasteiger partial charge < -0.3 is 15.0 Å². The fourth-order valence-electron chi connectivity index (χ4n) is 1.75. The molecule has 0 spiro atoms. The van der Waals surface area contributed by atoms with Crippen LogP contribution < -0.4 is 5.32 Å². The van der Waals surface area contributed by atoms with Gasteiger partial charge in [0.2, 0.25) is 0 Å². The summed E-state index contributed by atoms with van der Waals surface area (Å²) in [4.78, 5) is 16.3. The Hall–Kier alpha value is -1.88. The molecular weight excluding hydrogens is 242 g/mol. The Morgan fingerprint density at radius 3 is 2.89 bits per heavy atom. The number of hydrogen-bond donors (Lipinski definition) is 2. The minimum Gasteiger partial charge on any atom is -0.396 e. The lowest BCUT2D eigenvalue weighted by Gasteiger charge is -2.21. The van der Waals surface area contributed by atoms with Crippen LogP contribution in [-0.2, 0) is 7.05 Å².